The van der Waals surface area contributed by atoms with Crippen molar-refractivity contribution in [3.63, 3.8) is 0 Å². The number of carbonyl (C=O) groups is 1. The molecule has 6 nitrogen and oxygen atoms in total. The van der Waals surface area contributed by atoms with Crippen molar-refractivity contribution in [1.82, 2.24) is 0 Å². The molecular weight excluding hydrogens is 401 g/mol. The van der Waals surface area contributed by atoms with E-state index in [1.807, 2.05) is 19.9 Å². The number of hydrogen-bond acceptors (Lipinski definition) is 5. The SMILES string of the molecule is COc1cc2c(c3oc(=O)c(CC(=O)Nc4cccc(F)c4)c(C)c13)CCC(C)(C)O2. The molecule has 0 bridgehead atoms. The molecular formula is C24H24FNO5. The molecule has 0 spiro atoms. The highest BCUT2D eigenvalue weighted by molar-refractivity contribution is 5.95. The van der Waals surface area contributed by atoms with E-state index >= 15 is 0 Å². The molecule has 1 aromatic heterocycles. The number of amides is 1. The molecule has 0 unspecified atom stereocenters. The number of fused-ring (bicyclic) bond motifs is 3. The first-order valence-corrected chi connectivity index (χ1v) is 10.1. The van der Waals surface area contributed by atoms with E-state index in [9.17, 15) is 14.0 Å². The number of rotatable bonds is 4. The van der Waals surface area contributed by atoms with Gasteiger partial charge in [-0.15, -0.1) is 0 Å². The van der Waals surface area contributed by atoms with Crippen LogP contribution in [0.15, 0.2) is 39.5 Å². The van der Waals surface area contributed by atoms with Gasteiger partial charge in [-0.05, 0) is 57.4 Å². The molecule has 1 N–H and O–H groups in total. The Kier molecular flexibility index (Phi) is 5.21. The Morgan fingerprint density at radius 1 is 1.29 bits per heavy atom. The molecule has 1 aliphatic rings. The Labute approximate surface area is 179 Å². The average molecular weight is 425 g/mol. The Hall–Kier alpha value is -3.35. The summed E-state index contributed by atoms with van der Waals surface area (Å²) in [4.78, 5) is 25.3. The molecule has 4 rings (SSSR count). The fourth-order valence-electron chi connectivity index (χ4n) is 3.98. The van der Waals surface area contributed by atoms with Gasteiger partial charge in [-0.25, -0.2) is 9.18 Å². The van der Waals surface area contributed by atoms with Crippen molar-refractivity contribution in [2.24, 2.45) is 0 Å². The van der Waals surface area contributed by atoms with E-state index in [1.54, 1.807) is 13.0 Å². The van der Waals surface area contributed by atoms with E-state index in [0.29, 0.717) is 40.1 Å². The average Bonchev–Trinajstić information content (AvgIpc) is 2.69. The molecule has 2 heterocycles. The van der Waals surface area contributed by atoms with Crippen molar-refractivity contribution >= 4 is 22.6 Å². The number of ether oxygens (including phenoxy) is 2. The molecule has 1 amide bonds. The minimum atomic E-state index is -0.584. The molecule has 0 saturated carbocycles. The smallest absolute Gasteiger partial charge is 0.340 e. The molecule has 31 heavy (non-hydrogen) atoms. The van der Waals surface area contributed by atoms with Gasteiger partial charge in [-0.1, -0.05) is 6.07 Å². The maximum atomic E-state index is 13.4. The quantitative estimate of drug-likeness (QED) is 0.622. The highest BCUT2D eigenvalue weighted by Gasteiger charge is 2.31. The zero-order valence-corrected chi connectivity index (χ0v) is 17.9. The molecule has 0 aliphatic carbocycles. The van der Waals surface area contributed by atoms with Gasteiger partial charge in [-0.3, -0.25) is 4.79 Å². The van der Waals surface area contributed by atoms with Crippen LogP contribution >= 0.6 is 0 Å². The summed E-state index contributed by atoms with van der Waals surface area (Å²) >= 11 is 0. The van der Waals surface area contributed by atoms with E-state index in [-0.39, 0.29) is 17.6 Å². The maximum Gasteiger partial charge on any atom is 0.340 e. The van der Waals surface area contributed by atoms with Crippen LogP contribution in [0.2, 0.25) is 0 Å². The Balaban J connectivity index is 1.76. The van der Waals surface area contributed by atoms with E-state index in [2.05, 4.69) is 5.32 Å². The number of carbonyl (C=O) groups excluding carboxylic acids is 1. The van der Waals surface area contributed by atoms with Gasteiger partial charge in [0.05, 0.1) is 24.5 Å². The minimum Gasteiger partial charge on any atom is -0.496 e. The second-order valence-electron chi connectivity index (χ2n) is 8.35. The summed E-state index contributed by atoms with van der Waals surface area (Å²) in [6.07, 6.45) is 1.27. The number of benzene rings is 2. The number of methoxy groups -OCH3 is 1. The molecule has 0 radical (unpaired) electrons. The summed E-state index contributed by atoms with van der Waals surface area (Å²) in [5.74, 6) is 0.251. The second kappa shape index (κ2) is 7.72. The lowest BCUT2D eigenvalue weighted by Gasteiger charge is -2.33. The second-order valence-corrected chi connectivity index (χ2v) is 8.35. The molecule has 2 aromatic carbocycles. The lowest BCUT2D eigenvalue weighted by Crippen LogP contribution is -2.32. The third-order valence-electron chi connectivity index (χ3n) is 5.60. The summed E-state index contributed by atoms with van der Waals surface area (Å²) < 4.78 is 30.7. The van der Waals surface area contributed by atoms with Gasteiger partial charge in [0.1, 0.15) is 28.5 Å². The van der Waals surface area contributed by atoms with Crippen LogP contribution in [0.25, 0.3) is 11.0 Å². The minimum absolute atomic E-state index is 0.204. The molecule has 7 heteroatoms. The summed E-state index contributed by atoms with van der Waals surface area (Å²) in [5.41, 5.74) is 1.52. The fraction of sp³-hybridized carbons (Fsp3) is 0.333. The standard InChI is InChI=1S/C24H24FNO5/c1-13-17(11-20(27)26-15-7-5-6-14(25)10-15)23(28)30-22-16-8-9-24(2,3)31-18(16)12-19(29-4)21(13)22/h5-7,10,12H,8-9,11H2,1-4H3,(H,26,27). The van der Waals surface area contributed by atoms with Gasteiger partial charge < -0.3 is 19.2 Å². The van der Waals surface area contributed by atoms with Gasteiger partial charge in [0.15, 0.2) is 0 Å². The first-order valence-electron chi connectivity index (χ1n) is 10.1. The van der Waals surface area contributed by atoms with Crippen molar-refractivity contribution < 1.29 is 23.1 Å². The third-order valence-corrected chi connectivity index (χ3v) is 5.60. The van der Waals surface area contributed by atoms with E-state index in [4.69, 9.17) is 13.9 Å². The number of nitrogens with one attached hydrogen (secondary N) is 1. The van der Waals surface area contributed by atoms with Crippen LogP contribution in [0.5, 0.6) is 11.5 Å². The summed E-state index contributed by atoms with van der Waals surface area (Å²) in [6.45, 7) is 5.79. The Morgan fingerprint density at radius 3 is 2.77 bits per heavy atom. The maximum absolute atomic E-state index is 13.4. The normalized spacial score (nSPS) is 14.6. The monoisotopic (exact) mass is 425 g/mol. The molecule has 3 aromatic rings. The highest BCUT2D eigenvalue weighted by Crippen LogP contribution is 2.43. The van der Waals surface area contributed by atoms with Crippen LogP contribution in [0.1, 0.15) is 37.0 Å². The van der Waals surface area contributed by atoms with Gasteiger partial charge in [0.25, 0.3) is 0 Å². The highest BCUT2D eigenvalue weighted by atomic mass is 19.1. The lowest BCUT2D eigenvalue weighted by atomic mass is 9.91. The predicted molar refractivity (Wildman–Crippen MR) is 116 cm³/mol. The van der Waals surface area contributed by atoms with Gasteiger partial charge in [0.2, 0.25) is 5.91 Å². The van der Waals surface area contributed by atoms with Gasteiger partial charge >= 0.3 is 5.63 Å². The molecule has 1 aliphatic heterocycles. The molecule has 0 saturated heterocycles. The van der Waals surface area contributed by atoms with Crippen molar-refractivity contribution in [3.05, 3.63) is 63.3 Å². The van der Waals surface area contributed by atoms with E-state index < -0.39 is 17.3 Å². The number of hydrogen-bond donors (Lipinski definition) is 1. The van der Waals surface area contributed by atoms with Crippen LogP contribution in [0.4, 0.5) is 10.1 Å². The zero-order chi connectivity index (χ0) is 22.3. The molecule has 0 fully saturated rings. The van der Waals surface area contributed by atoms with Crippen molar-refractivity contribution in [3.8, 4) is 11.5 Å². The van der Waals surface area contributed by atoms with Crippen molar-refractivity contribution in [2.75, 3.05) is 12.4 Å². The number of anilines is 1. The van der Waals surface area contributed by atoms with E-state index in [1.165, 1.54) is 25.3 Å². The topological polar surface area (TPSA) is 77.8 Å². The van der Waals surface area contributed by atoms with Crippen LogP contribution in [-0.4, -0.2) is 18.6 Å². The Bertz CT molecular complexity index is 1240. The number of halogens is 1. The first kappa shape index (κ1) is 20.9. The molecule has 0 atom stereocenters. The first-order chi connectivity index (χ1) is 14.7. The Morgan fingerprint density at radius 2 is 2.06 bits per heavy atom. The number of aryl methyl sites for hydroxylation is 2. The third kappa shape index (κ3) is 4.00. The van der Waals surface area contributed by atoms with Crippen molar-refractivity contribution in [1.29, 1.82) is 0 Å². The summed E-state index contributed by atoms with van der Waals surface area (Å²) in [6, 6.07) is 7.38. The zero-order valence-electron chi connectivity index (χ0n) is 17.9. The largest absolute Gasteiger partial charge is 0.496 e. The van der Waals surface area contributed by atoms with Crippen LogP contribution in [0, 0.1) is 12.7 Å². The lowest BCUT2D eigenvalue weighted by molar-refractivity contribution is -0.115. The molecule has 162 valence electrons. The fourth-order valence-corrected chi connectivity index (χ4v) is 3.98. The van der Waals surface area contributed by atoms with Crippen molar-refractivity contribution in [2.45, 2.75) is 45.6 Å². The summed E-state index contributed by atoms with van der Waals surface area (Å²) in [5, 5.41) is 3.26. The van der Waals surface area contributed by atoms with Crippen LogP contribution < -0.4 is 20.4 Å². The van der Waals surface area contributed by atoms with Gasteiger partial charge in [-0.2, -0.15) is 0 Å². The van der Waals surface area contributed by atoms with Gasteiger partial charge in [0, 0.05) is 17.3 Å². The summed E-state index contributed by atoms with van der Waals surface area (Å²) in [7, 11) is 1.54. The van der Waals surface area contributed by atoms with Crippen LogP contribution in [-0.2, 0) is 17.6 Å². The predicted octanol–water partition coefficient (Wildman–Crippen LogP) is 4.53. The van der Waals surface area contributed by atoms with E-state index in [0.717, 1.165) is 12.0 Å². The van der Waals surface area contributed by atoms with Crippen LogP contribution in [0.3, 0.4) is 0 Å².